The summed E-state index contributed by atoms with van der Waals surface area (Å²) < 4.78 is 33.3. The summed E-state index contributed by atoms with van der Waals surface area (Å²) in [5.41, 5.74) is 2.28. The maximum atomic E-state index is 12.8. The van der Waals surface area contributed by atoms with Crippen LogP contribution in [0.4, 0.5) is 0 Å². The quantitative estimate of drug-likeness (QED) is 0.285. The second-order valence-electron chi connectivity index (χ2n) is 6.72. The number of fused-ring (bicyclic) bond motifs is 1. The van der Waals surface area contributed by atoms with Crippen LogP contribution in [-0.2, 0) is 21.2 Å². The standard InChI is InChI=1S/C23H22N2O5S/c1-2-3-14-30-20-10-12-21(13-11-20)31(28,29)25-22(23(26)24-27)16-17-8-9-18-6-4-5-7-19(18)15-17/h4-13,15,22,25,27H,14,16H2,1H3,(H,24,26)/t22-/m1/s1. The average Bonchev–Trinajstić information content (AvgIpc) is 2.78. The van der Waals surface area contributed by atoms with E-state index in [1.54, 1.807) is 6.92 Å². The lowest BCUT2D eigenvalue weighted by Gasteiger charge is -2.17. The zero-order valence-electron chi connectivity index (χ0n) is 16.8. The third kappa shape index (κ3) is 5.83. The van der Waals surface area contributed by atoms with Crippen LogP contribution in [0, 0.1) is 11.8 Å². The Morgan fingerprint density at radius 3 is 2.45 bits per heavy atom. The van der Waals surface area contributed by atoms with Crippen LogP contribution >= 0.6 is 0 Å². The van der Waals surface area contributed by atoms with Crippen LogP contribution in [0.2, 0.25) is 0 Å². The fourth-order valence-corrected chi connectivity index (χ4v) is 4.22. The Morgan fingerprint density at radius 1 is 1.06 bits per heavy atom. The first kappa shape index (κ1) is 22.3. The molecule has 0 heterocycles. The molecular weight excluding hydrogens is 416 g/mol. The minimum absolute atomic E-state index is 0.0318. The number of amides is 1. The van der Waals surface area contributed by atoms with Crippen LogP contribution in [0.15, 0.2) is 71.6 Å². The molecule has 0 fully saturated rings. The highest BCUT2D eigenvalue weighted by molar-refractivity contribution is 7.89. The number of hydroxylamine groups is 1. The van der Waals surface area contributed by atoms with E-state index in [0.29, 0.717) is 5.75 Å². The number of ether oxygens (including phenoxy) is 1. The van der Waals surface area contributed by atoms with Gasteiger partial charge in [-0.3, -0.25) is 10.0 Å². The molecule has 0 saturated carbocycles. The van der Waals surface area contributed by atoms with Gasteiger partial charge in [0.05, 0.1) is 4.90 Å². The predicted octanol–water partition coefficient (Wildman–Crippen LogP) is 2.64. The Labute approximate surface area is 181 Å². The predicted molar refractivity (Wildman–Crippen MR) is 117 cm³/mol. The number of carbonyl (C=O) groups is 1. The molecule has 7 nitrogen and oxygen atoms in total. The van der Waals surface area contributed by atoms with Crippen molar-refractivity contribution in [3.8, 4) is 17.6 Å². The molecule has 0 saturated heterocycles. The van der Waals surface area contributed by atoms with Crippen molar-refractivity contribution in [1.82, 2.24) is 10.2 Å². The molecule has 3 N–H and O–H groups in total. The number of hydrogen-bond acceptors (Lipinski definition) is 5. The fourth-order valence-electron chi connectivity index (χ4n) is 3.03. The number of hydrogen-bond donors (Lipinski definition) is 3. The van der Waals surface area contributed by atoms with Crippen molar-refractivity contribution in [3.05, 3.63) is 72.3 Å². The minimum Gasteiger partial charge on any atom is -0.481 e. The number of carbonyl (C=O) groups excluding carboxylic acids is 1. The monoisotopic (exact) mass is 438 g/mol. The molecule has 0 unspecified atom stereocenters. The molecule has 1 amide bonds. The highest BCUT2D eigenvalue weighted by atomic mass is 32.2. The number of benzene rings is 3. The number of rotatable bonds is 8. The van der Waals surface area contributed by atoms with Gasteiger partial charge in [0.15, 0.2) is 0 Å². The maximum absolute atomic E-state index is 12.8. The van der Waals surface area contributed by atoms with E-state index in [1.165, 1.54) is 29.7 Å². The summed E-state index contributed by atoms with van der Waals surface area (Å²) in [6.45, 7) is 1.90. The van der Waals surface area contributed by atoms with Gasteiger partial charge in [-0.15, -0.1) is 5.92 Å². The first-order chi connectivity index (χ1) is 14.9. The molecule has 3 aromatic rings. The van der Waals surface area contributed by atoms with Gasteiger partial charge < -0.3 is 4.74 Å². The first-order valence-electron chi connectivity index (χ1n) is 9.49. The molecule has 0 aliphatic heterocycles. The number of sulfonamides is 1. The molecule has 3 rings (SSSR count). The summed E-state index contributed by atoms with van der Waals surface area (Å²) in [5, 5.41) is 11.1. The van der Waals surface area contributed by atoms with Gasteiger partial charge in [0.1, 0.15) is 18.4 Å². The maximum Gasteiger partial charge on any atom is 0.261 e. The van der Waals surface area contributed by atoms with Gasteiger partial charge in [0.25, 0.3) is 5.91 Å². The molecule has 0 aliphatic carbocycles. The van der Waals surface area contributed by atoms with E-state index in [0.717, 1.165) is 16.3 Å². The van der Waals surface area contributed by atoms with Crippen LogP contribution in [0.3, 0.4) is 0 Å². The molecule has 31 heavy (non-hydrogen) atoms. The van der Waals surface area contributed by atoms with Crippen molar-refractivity contribution in [3.63, 3.8) is 0 Å². The molecule has 0 aliphatic rings. The van der Waals surface area contributed by atoms with Crippen molar-refractivity contribution in [2.24, 2.45) is 0 Å². The van der Waals surface area contributed by atoms with Crippen molar-refractivity contribution in [2.75, 3.05) is 6.61 Å². The van der Waals surface area contributed by atoms with Crippen molar-refractivity contribution < 1.29 is 23.2 Å². The lowest BCUT2D eigenvalue weighted by atomic mass is 10.0. The van der Waals surface area contributed by atoms with E-state index < -0.39 is 22.0 Å². The molecule has 0 aromatic heterocycles. The summed E-state index contributed by atoms with van der Waals surface area (Å²) in [6, 6.07) is 17.9. The van der Waals surface area contributed by atoms with E-state index in [1.807, 2.05) is 42.5 Å². The Hall–Kier alpha value is -3.38. The van der Waals surface area contributed by atoms with Crippen LogP contribution < -0.4 is 14.9 Å². The van der Waals surface area contributed by atoms with E-state index in [4.69, 9.17) is 9.94 Å². The van der Waals surface area contributed by atoms with Gasteiger partial charge in [0, 0.05) is 0 Å². The zero-order valence-corrected chi connectivity index (χ0v) is 17.6. The zero-order chi connectivity index (χ0) is 22.3. The fraction of sp³-hybridized carbons (Fsp3) is 0.174. The first-order valence-corrected chi connectivity index (χ1v) is 11.0. The van der Waals surface area contributed by atoms with Gasteiger partial charge in [0.2, 0.25) is 10.0 Å². The van der Waals surface area contributed by atoms with Gasteiger partial charge >= 0.3 is 0 Å². The van der Waals surface area contributed by atoms with Crippen molar-refractivity contribution in [2.45, 2.75) is 24.3 Å². The van der Waals surface area contributed by atoms with E-state index in [9.17, 15) is 13.2 Å². The lowest BCUT2D eigenvalue weighted by molar-refractivity contribution is -0.130. The molecule has 0 radical (unpaired) electrons. The van der Waals surface area contributed by atoms with E-state index in [-0.39, 0.29) is 17.9 Å². The lowest BCUT2D eigenvalue weighted by Crippen LogP contribution is -2.47. The normalized spacial score (nSPS) is 11.9. The second kappa shape index (κ2) is 10.1. The summed E-state index contributed by atoms with van der Waals surface area (Å²) in [4.78, 5) is 12.1. The highest BCUT2D eigenvalue weighted by Gasteiger charge is 2.26. The third-order valence-corrected chi connectivity index (χ3v) is 6.09. The SMILES string of the molecule is CC#CCOc1ccc(S(=O)(=O)N[C@H](Cc2ccc3ccccc3c2)C(=O)NO)cc1. The highest BCUT2D eigenvalue weighted by Crippen LogP contribution is 2.19. The molecule has 8 heteroatoms. The van der Waals surface area contributed by atoms with E-state index >= 15 is 0 Å². The van der Waals surface area contributed by atoms with Crippen molar-refractivity contribution >= 4 is 26.7 Å². The molecule has 0 bridgehead atoms. The molecular formula is C23H22N2O5S. The average molecular weight is 439 g/mol. The van der Waals surface area contributed by atoms with Crippen molar-refractivity contribution in [1.29, 1.82) is 0 Å². The van der Waals surface area contributed by atoms with Crippen LogP contribution in [0.5, 0.6) is 5.75 Å². The largest absolute Gasteiger partial charge is 0.481 e. The second-order valence-corrected chi connectivity index (χ2v) is 8.44. The van der Waals surface area contributed by atoms with Gasteiger partial charge in [-0.05, 0) is 53.9 Å². The van der Waals surface area contributed by atoms with Crippen LogP contribution in [0.25, 0.3) is 10.8 Å². The smallest absolute Gasteiger partial charge is 0.261 e. The summed E-state index contributed by atoms with van der Waals surface area (Å²) in [5.74, 6) is 5.07. The third-order valence-electron chi connectivity index (χ3n) is 4.60. The Balaban J connectivity index is 1.78. The Bertz CT molecular complexity index is 1230. The minimum atomic E-state index is -4.02. The van der Waals surface area contributed by atoms with E-state index in [2.05, 4.69) is 16.6 Å². The molecule has 160 valence electrons. The van der Waals surface area contributed by atoms with Crippen LogP contribution in [-0.4, -0.2) is 32.2 Å². The number of nitrogens with one attached hydrogen (secondary N) is 2. The van der Waals surface area contributed by atoms with Gasteiger partial charge in [-0.2, -0.15) is 4.72 Å². The topological polar surface area (TPSA) is 105 Å². The molecule has 3 aromatic carbocycles. The molecule has 1 atom stereocenters. The van der Waals surface area contributed by atoms with Gasteiger partial charge in [-0.25, -0.2) is 13.9 Å². The molecule has 0 spiro atoms. The Morgan fingerprint density at radius 2 is 1.77 bits per heavy atom. The summed E-state index contributed by atoms with van der Waals surface area (Å²) in [7, 11) is -4.02. The Kier molecular flexibility index (Phi) is 7.26. The van der Waals surface area contributed by atoms with Gasteiger partial charge in [-0.1, -0.05) is 48.4 Å². The van der Waals surface area contributed by atoms with Crippen LogP contribution in [0.1, 0.15) is 12.5 Å². The summed E-state index contributed by atoms with van der Waals surface area (Å²) in [6.07, 6.45) is 0.0628. The summed E-state index contributed by atoms with van der Waals surface area (Å²) >= 11 is 0.